The number of amides is 1. The van der Waals surface area contributed by atoms with E-state index in [0.717, 1.165) is 32.4 Å². The minimum atomic E-state index is 0.379. The van der Waals surface area contributed by atoms with Crippen molar-refractivity contribution in [1.29, 1.82) is 0 Å². The second kappa shape index (κ2) is 8.10. The number of fused-ring (bicyclic) bond motifs is 2. The van der Waals surface area contributed by atoms with E-state index in [1.165, 1.54) is 31.5 Å². The van der Waals surface area contributed by atoms with Gasteiger partial charge in [-0.3, -0.25) is 9.69 Å². The fourth-order valence-corrected chi connectivity index (χ4v) is 5.54. The molecular weight excluding hydrogens is 324 g/mol. The Kier molecular flexibility index (Phi) is 5.60. The molecule has 4 aliphatic rings. The Morgan fingerprint density at radius 3 is 2.58 bits per heavy atom. The third-order valence-corrected chi connectivity index (χ3v) is 6.78. The molecule has 4 nitrogen and oxygen atoms in total. The summed E-state index contributed by atoms with van der Waals surface area (Å²) in [7, 11) is 1.74. The van der Waals surface area contributed by atoms with Crippen LogP contribution in [0.15, 0.2) is 30.3 Å². The van der Waals surface area contributed by atoms with Crippen LogP contribution in [0.5, 0.6) is 0 Å². The Morgan fingerprint density at radius 2 is 1.85 bits per heavy atom. The molecule has 0 spiro atoms. The maximum absolute atomic E-state index is 13.1. The van der Waals surface area contributed by atoms with Crippen molar-refractivity contribution in [2.75, 3.05) is 33.4 Å². The maximum Gasteiger partial charge on any atom is 0.222 e. The van der Waals surface area contributed by atoms with Crippen LogP contribution in [0.2, 0.25) is 0 Å². The number of ether oxygens (including phenoxy) is 1. The molecule has 1 amide bonds. The van der Waals surface area contributed by atoms with Crippen molar-refractivity contribution in [3.63, 3.8) is 0 Å². The van der Waals surface area contributed by atoms with Crippen molar-refractivity contribution >= 4 is 5.91 Å². The van der Waals surface area contributed by atoms with E-state index >= 15 is 0 Å². The van der Waals surface area contributed by atoms with Gasteiger partial charge in [-0.15, -0.1) is 0 Å². The van der Waals surface area contributed by atoms with Crippen molar-refractivity contribution < 1.29 is 9.53 Å². The van der Waals surface area contributed by atoms with Crippen LogP contribution in [-0.4, -0.2) is 61.1 Å². The lowest BCUT2D eigenvalue weighted by Gasteiger charge is -2.51. The lowest BCUT2D eigenvalue weighted by atomic mass is 9.75. The van der Waals surface area contributed by atoms with E-state index in [9.17, 15) is 4.79 Å². The smallest absolute Gasteiger partial charge is 0.222 e. The molecule has 2 bridgehead atoms. The number of hydrogen-bond donors (Lipinski definition) is 0. The minimum Gasteiger partial charge on any atom is -0.385 e. The van der Waals surface area contributed by atoms with Crippen LogP contribution in [0.1, 0.15) is 50.0 Å². The summed E-state index contributed by atoms with van der Waals surface area (Å²) in [5, 5.41) is 0. The Labute approximate surface area is 157 Å². The van der Waals surface area contributed by atoms with Crippen LogP contribution < -0.4 is 0 Å². The molecule has 1 aromatic rings. The summed E-state index contributed by atoms with van der Waals surface area (Å²) in [4.78, 5) is 18.0. The van der Waals surface area contributed by atoms with Crippen molar-refractivity contribution in [1.82, 2.24) is 9.80 Å². The predicted octanol–water partition coefficient (Wildman–Crippen LogP) is 3.28. The molecule has 0 unspecified atom stereocenters. The molecule has 0 radical (unpaired) electrons. The van der Waals surface area contributed by atoms with Gasteiger partial charge < -0.3 is 9.64 Å². The Bertz CT molecular complexity index is 597. The quantitative estimate of drug-likeness (QED) is 0.703. The van der Waals surface area contributed by atoms with Gasteiger partial charge in [0.05, 0.1) is 6.04 Å². The summed E-state index contributed by atoms with van der Waals surface area (Å²) in [5.74, 6) is 1.56. The summed E-state index contributed by atoms with van der Waals surface area (Å²) < 4.78 is 5.12. The monoisotopic (exact) mass is 356 g/mol. The number of benzene rings is 1. The Balaban J connectivity index is 1.47. The number of methoxy groups -OCH3 is 1. The predicted molar refractivity (Wildman–Crippen MR) is 103 cm³/mol. The molecule has 26 heavy (non-hydrogen) atoms. The Hall–Kier alpha value is -1.39. The van der Waals surface area contributed by atoms with Crippen molar-refractivity contribution in [3.8, 4) is 0 Å². The second-order valence-corrected chi connectivity index (χ2v) is 8.22. The number of piperidine rings is 3. The van der Waals surface area contributed by atoms with E-state index in [1.54, 1.807) is 7.11 Å². The molecule has 4 fully saturated rings. The zero-order valence-corrected chi connectivity index (χ0v) is 16.0. The average Bonchev–Trinajstić information content (AvgIpc) is 3.12. The molecular formula is C22H32N2O2. The minimum absolute atomic E-state index is 0.379. The van der Waals surface area contributed by atoms with E-state index in [-0.39, 0.29) is 0 Å². The highest BCUT2D eigenvalue weighted by atomic mass is 16.5. The van der Waals surface area contributed by atoms with E-state index in [2.05, 4.69) is 40.1 Å². The molecule has 0 saturated carbocycles. The standard InChI is InChI=1S/C22H32N2O2/c1-26-15-7-3-6-10-20(25)24-16-19(17-8-4-2-5-9-17)22-21(24)18-11-13-23(22)14-12-18/h2,4-5,8-9,18-19,21-22H,3,6-7,10-16H2,1H3/t19-,21-,22-/m1/s1. The highest BCUT2D eigenvalue weighted by molar-refractivity contribution is 5.77. The van der Waals surface area contributed by atoms with Gasteiger partial charge in [0, 0.05) is 38.6 Å². The van der Waals surface area contributed by atoms with E-state index in [0.29, 0.717) is 36.2 Å². The summed E-state index contributed by atoms with van der Waals surface area (Å²) in [6.07, 6.45) is 6.35. The van der Waals surface area contributed by atoms with Gasteiger partial charge in [-0.25, -0.2) is 0 Å². The number of rotatable bonds is 7. The van der Waals surface area contributed by atoms with Crippen molar-refractivity contribution in [2.45, 2.75) is 56.5 Å². The second-order valence-electron chi connectivity index (χ2n) is 8.22. The fourth-order valence-electron chi connectivity index (χ4n) is 5.54. The molecule has 0 aromatic heterocycles. The topological polar surface area (TPSA) is 32.8 Å². The fraction of sp³-hybridized carbons (Fsp3) is 0.682. The molecule has 4 aliphatic heterocycles. The van der Waals surface area contributed by atoms with E-state index in [1.807, 2.05) is 0 Å². The van der Waals surface area contributed by atoms with Gasteiger partial charge in [0.25, 0.3) is 0 Å². The van der Waals surface area contributed by atoms with E-state index in [4.69, 9.17) is 4.74 Å². The first-order valence-electron chi connectivity index (χ1n) is 10.4. The van der Waals surface area contributed by atoms with Gasteiger partial charge in [0.15, 0.2) is 0 Å². The van der Waals surface area contributed by atoms with Crippen molar-refractivity contribution in [3.05, 3.63) is 35.9 Å². The molecule has 1 aromatic carbocycles. The zero-order chi connectivity index (χ0) is 17.9. The third kappa shape index (κ3) is 3.41. The van der Waals surface area contributed by atoms with Crippen LogP contribution in [0.4, 0.5) is 0 Å². The number of carbonyl (C=O) groups is 1. The number of likely N-dealkylation sites (tertiary alicyclic amines) is 1. The van der Waals surface area contributed by atoms with Crippen LogP contribution in [0.3, 0.4) is 0 Å². The molecule has 5 rings (SSSR count). The molecule has 4 heterocycles. The van der Waals surface area contributed by atoms with Gasteiger partial charge in [-0.2, -0.15) is 0 Å². The SMILES string of the molecule is COCCCCCC(=O)N1C[C@H](c2ccccc2)[C@@H]2[C@H]1C1CCN2CC1. The molecule has 0 aliphatic carbocycles. The molecule has 3 atom stereocenters. The maximum atomic E-state index is 13.1. The molecule has 4 heteroatoms. The number of hydrogen-bond acceptors (Lipinski definition) is 3. The first kappa shape index (κ1) is 18.0. The number of carbonyl (C=O) groups excluding carboxylic acids is 1. The number of nitrogens with zero attached hydrogens (tertiary/aromatic N) is 2. The van der Waals surface area contributed by atoms with E-state index < -0.39 is 0 Å². The summed E-state index contributed by atoms with van der Waals surface area (Å²) in [6, 6.07) is 11.8. The first-order chi connectivity index (χ1) is 12.8. The highest BCUT2D eigenvalue weighted by Crippen LogP contribution is 2.46. The van der Waals surface area contributed by atoms with Gasteiger partial charge >= 0.3 is 0 Å². The van der Waals surface area contributed by atoms with Crippen LogP contribution in [-0.2, 0) is 9.53 Å². The lowest BCUT2D eigenvalue weighted by Crippen LogP contribution is -2.60. The lowest BCUT2D eigenvalue weighted by molar-refractivity contribution is -0.136. The molecule has 0 N–H and O–H groups in total. The van der Waals surface area contributed by atoms with Gasteiger partial charge in [0.2, 0.25) is 5.91 Å². The zero-order valence-electron chi connectivity index (χ0n) is 16.0. The normalized spacial score (nSPS) is 32.7. The first-order valence-corrected chi connectivity index (χ1v) is 10.4. The van der Waals surface area contributed by atoms with Crippen LogP contribution in [0, 0.1) is 5.92 Å². The Morgan fingerprint density at radius 1 is 1.08 bits per heavy atom. The van der Waals surface area contributed by atoms with Gasteiger partial charge in [-0.1, -0.05) is 36.8 Å². The summed E-state index contributed by atoms with van der Waals surface area (Å²) in [5.41, 5.74) is 1.41. The largest absolute Gasteiger partial charge is 0.385 e. The molecule has 142 valence electrons. The highest BCUT2D eigenvalue weighted by Gasteiger charge is 2.54. The number of unbranched alkanes of at least 4 members (excludes halogenated alkanes) is 2. The van der Waals surface area contributed by atoms with Crippen molar-refractivity contribution in [2.24, 2.45) is 5.92 Å². The average molecular weight is 357 g/mol. The summed E-state index contributed by atoms with van der Waals surface area (Å²) >= 11 is 0. The van der Waals surface area contributed by atoms with Crippen LogP contribution >= 0.6 is 0 Å². The van der Waals surface area contributed by atoms with Crippen LogP contribution in [0.25, 0.3) is 0 Å². The van der Waals surface area contributed by atoms with Gasteiger partial charge in [-0.05, 0) is 50.3 Å². The summed E-state index contributed by atoms with van der Waals surface area (Å²) in [6.45, 7) is 4.14. The van der Waals surface area contributed by atoms with Gasteiger partial charge in [0.1, 0.15) is 0 Å². The molecule has 4 saturated heterocycles. The third-order valence-electron chi connectivity index (χ3n) is 6.78.